The quantitative estimate of drug-likeness (QED) is 0.661. The van der Waals surface area contributed by atoms with E-state index in [0.29, 0.717) is 19.0 Å². The van der Waals surface area contributed by atoms with Crippen LogP contribution in [-0.2, 0) is 4.79 Å². The normalized spacial score (nSPS) is 20.1. The first-order chi connectivity index (χ1) is 9.69. The minimum Gasteiger partial charge on any atom is -0.395 e. The number of carbonyl (C=O) groups is 1. The van der Waals surface area contributed by atoms with Gasteiger partial charge in [0.05, 0.1) is 6.61 Å². The summed E-state index contributed by atoms with van der Waals surface area (Å²) >= 11 is 0. The van der Waals surface area contributed by atoms with Crippen molar-refractivity contribution < 1.29 is 9.90 Å². The molecule has 1 N–H and O–H groups in total. The average Bonchev–Trinajstić information content (AvgIpc) is 2.45. The molecule has 0 aromatic carbocycles. The fraction of sp³-hybridized carbons (Fsp3) is 0.938. The van der Waals surface area contributed by atoms with Crippen LogP contribution in [0.15, 0.2) is 0 Å². The Morgan fingerprint density at radius 1 is 1.30 bits per heavy atom. The number of nitrogens with zero attached hydrogens (tertiary/aromatic N) is 2. The Balaban J connectivity index is 2.32. The largest absolute Gasteiger partial charge is 0.395 e. The molecule has 1 aliphatic rings. The Labute approximate surface area is 124 Å². The van der Waals surface area contributed by atoms with Crippen molar-refractivity contribution in [2.24, 2.45) is 0 Å². The third-order valence-electron chi connectivity index (χ3n) is 4.37. The van der Waals surface area contributed by atoms with Crippen LogP contribution >= 0.6 is 0 Å². The summed E-state index contributed by atoms with van der Waals surface area (Å²) in [6.07, 6.45) is 8.75. The minimum atomic E-state index is 0.0706. The van der Waals surface area contributed by atoms with E-state index in [1.165, 1.54) is 19.3 Å². The van der Waals surface area contributed by atoms with Crippen LogP contribution in [0.1, 0.15) is 58.3 Å². The highest BCUT2D eigenvalue weighted by Gasteiger charge is 2.21. The molecular weight excluding hydrogens is 252 g/mol. The number of piperidine rings is 1. The van der Waals surface area contributed by atoms with Crippen LogP contribution in [0.5, 0.6) is 0 Å². The molecule has 1 saturated heterocycles. The summed E-state index contributed by atoms with van der Waals surface area (Å²) in [7, 11) is 2.17. The average molecular weight is 284 g/mol. The van der Waals surface area contributed by atoms with E-state index in [-0.39, 0.29) is 12.5 Å². The second kappa shape index (κ2) is 10.2. The van der Waals surface area contributed by atoms with Gasteiger partial charge in [-0.2, -0.15) is 0 Å². The fourth-order valence-corrected chi connectivity index (χ4v) is 2.99. The summed E-state index contributed by atoms with van der Waals surface area (Å²) < 4.78 is 0. The molecule has 0 saturated carbocycles. The molecule has 0 aromatic rings. The number of aliphatic hydroxyl groups is 1. The highest BCUT2D eigenvalue weighted by atomic mass is 16.3. The van der Waals surface area contributed by atoms with E-state index in [9.17, 15) is 4.79 Å². The van der Waals surface area contributed by atoms with Crippen molar-refractivity contribution in [3.63, 3.8) is 0 Å². The van der Waals surface area contributed by atoms with Crippen molar-refractivity contribution in [1.82, 2.24) is 9.80 Å². The number of amides is 1. The molecule has 118 valence electrons. The number of hydrogen-bond acceptors (Lipinski definition) is 3. The maximum atomic E-state index is 12.3. The Morgan fingerprint density at radius 3 is 2.75 bits per heavy atom. The van der Waals surface area contributed by atoms with Gasteiger partial charge < -0.3 is 14.9 Å². The molecule has 0 bridgehead atoms. The van der Waals surface area contributed by atoms with Crippen molar-refractivity contribution in [2.45, 2.75) is 64.3 Å². The summed E-state index contributed by atoms with van der Waals surface area (Å²) in [6, 6.07) is 0.569. The van der Waals surface area contributed by atoms with Gasteiger partial charge in [0.1, 0.15) is 0 Å². The summed E-state index contributed by atoms with van der Waals surface area (Å²) in [5, 5.41) is 9.10. The van der Waals surface area contributed by atoms with E-state index in [1.807, 2.05) is 4.90 Å². The highest BCUT2D eigenvalue weighted by molar-refractivity contribution is 5.76. The zero-order valence-electron chi connectivity index (χ0n) is 13.3. The van der Waals surface area contributed by atoms with Gasteiger partial charge in [-0.15, -0.1) is 0 Å². The summed E-state index contributed by atoms with van der Waals surface area (Å²) in [4.78, 5) is 16.5. The van der Waals surface area contributed by atoms with Gasteiger partial charge in [-0.25, -0.2) is 0 Å². The maximum Gasteiger partial charge on any atom is 0.222 e. The number of likely N-dealkylation sites (tertiary alicyclic amines) is 1. The summed E-state index contributed by atoms with van der Waals surface area (Å²) in [6.45, 7) is 4.69. The first-order valence-corrected chi connectivity index (χ1v) is 8.28. The molecule has 0 spiro atoms. The number of carbonyl (C=O) groups excluding carboxylic acids is 1. The zero-order valence-corrected chi connectivity index (χ0v) is 13.3. The van der Waals surface area contributed by atoms with Crippen LogP contribution in [0.2, 0.25) is 0 Å². The molecular formula is C16H32N2O2. The van der Waals surface area contributed by atoms with Crippen molar-refractivity contribution in [2.75, 3.05) is 33.3 Å². The lowest BCUT2D eigenvalue weighted by Gasteiger charge is -2.33. The van der Waals surface area contributed by atoms with Gasteiger partial charge in [0.2, 0.25) is 5.91 Å². The van der Waals surface area contributed by atoms with Crippen molar-refractivity contribution in [3.8, 4) is 0 Å². The lowest BCUT2D eigenvalue weighted by Crippen LogP contribution is -2.39. The fourth-order valence-electron chi connectivity index (χ4n) is 2.99. The van der Waals surface area contributed by atoms with Gasteiger partial charge in [0, 0.05) is 25.6 Å². The molecule has 1 heterocycles. The molecule has 1 atom stereocenters. The zero-order chi connectivity index (χ0) is 14.8. The SMILES string of the molecule is CCCCCN(CCO)C(=O)CC[C@@H]1CCCCN1C. The summed E-state index contributed by atoms with van der Waals surface area (Å²) in [5.41, 5.74) is 0. The first kappa shape index (κ1) is 17.4. The standard InChI is InChI=1S/C16H32N2O2/c1-3-4-6-12-18(13-14-19)16(20)10-9-15-8-5-7-11-17(15)2/h15,19H,3-14H2,1-2H3/t15-/m0/s1. The molecule has 0 unspecified atom stereocenters. The van der Waals surface area contributed by atoms with E-state index in [2.05, 4.69) is 18.9 Å². The number of unbranched alkanes of at least 4 members (excludes halogenated alkanes) is 2. The third-order valence-corrected chi connectivity index (χ3v) is 4.37. The van der Waals surface area contributed by atoms with Crippen LogP contribution in [0.25, 0.3) is 0 Å². The molecule has 4 heteroatoms. The van der Waals surface area contributed by atoms with Gasteiger partial charge in [0.15, 0.2) is 0 Å². The highest BCUT2D eigenvalue weighted by Crippen LogP contribution is 2.19. The number of hydrogen-bond donors (Lipinski definition) is 1. The Hall–Kier alpha value is -0.610. The van der Waals surface area contributed by atoms with E-state index >= 15 is 0 Å². The molecule has 1 aliphatic heterocycles. The van der Waals surface area contributed by atoms with Crippen molar-refractivity contribution in [3.05, 3.63) is 0 Å². The monoisotopic (exact) mass is 284 g/mol. The second-order valence-electron chi connectivity index (χ2n) is 5.98. The second-order valence-corrected chi connectivity index (χ2v) is 5.98. The minimum absolute atomic E-state index is 0.0706. The van der Waals surface area contributed by atoms with E-state index in [1.54, 1.807) is 0 Å². The van der Waals surface area contributed by atoms with Crippen molar-refractivity contribution in [1.29, 1.82) is 0 Å². The molecule has 1 amide bonds. The van der Waals surface area contributed by atoms with Crippen LogP contribution in [0, 0.1) is 0 Å². The predicted molar refractivity (Wildman–Crippen MR) is 82.7 cm³/mol. The van der Waals surface area contributed by atoms with Gasteiger partial charge >= 0.3 is 0 Å². The molecule has 0 aliphatic carbocycles. The van der Waals surface area contributed by atoms with Crippen LogP contribution in [-0.4, -0.2) is 60.1 Å². The number of rotatable bonds is 9. The van der Waals surface area contributed by atoms with E-state index in [0.717, 1.165) is 38.8 Å². The molecule has 1 fully saturated rings. The Bertz CT molecular complexity index is 271. The van der Waals surface area contributed by atoms with Crippen LogP contribution in [0.3, 0.4) is 0 Å². The first-order valence-electron chi connectivity index (χ1n) is 8.28. The van der Waals surface area contributed by atoms with E-state index < -0.39 is 0 Å². The van der Waals surface area contributed by atoms with Gasteiger partial charge in [-0.3, -0.25) is 4.79 Å². The van der Waals surface area contributed by atoms with Gasteiger partial charge in [-0.05, 0) is 39.3 Å². The van der Waals surface area contributed by atoms with Gasteiger partial charge in [-0.1, -0.05) is 26.2 Å². The lowest BCUT2D eigenvalue weighted by atomic mass is 9.98. The third kappa shape index (κ3) is 6.23. The molecule has 0 aromatic heterocycles. The number of aliphatic hydroxyl groups excluding tert-OH is 1. The topological polar surface area (TPSA) is 43.8 Å². The molecule has 0 radical (unpaired) electrons. The van der Waals surface area contributed by atoms with E-state index in [4.69, 9.17) is 5.11 Å². The molecule has 4 nitrogen and oxygen atoms in total. The Kier molecular flexibility index (Phi) is 8.86. The van der Waals surface area contributed by atoms with Gasteiger partial charge in [0.25, 0.3) is 0 Å². The predicted octanol–water partition coefficient (Wildman–Crippen LogP) is 2.26. The maximum absolute atomic E-state index is 12.3. The van der Waals surface area contributed by atoms with Crippen LogP contribution < -0.4 is 0 Å². The Morgan fingerprint density at radius 2 is 2.10 bits per heavy atom. The molecule has 1 rings (SSSR count). The summed E-state index contributed by atoms with van der Waals surface area (Å²) in [5.74, 6) is 0.217. The van der Waals surface area contributed by atoms with Crippen LogP contribution in [0.4, 0.5) is 0 Å². The smallest absolute Gasteiger partial charge is 0.222 e. The van der Waals surface area contributed by atoms with Crippen molar-refractivity contribution >= 4 is 5.91 Å². The molecule has 20 heavy (non-hydrogen) atoms. The lowest BCUT2D eigenvalue weighted by molar-refractivity contribution is -0.132.